The molecule has 1 aliphatic heterocycles. The Morgan fingerprint density at radius 1 is 1.50 bits per heavy atom. The molecule has 0 aliphatic carbocycles. The highest BCUT2D eigenvalue weighted by Gasteiger charge is 2.30. The van der Waals surface area contributed by atoms with Crippen molar-refractivity contribution in [3.05, 3.63) is 0 Å². The quantitative estimate of drug-likeness (QED) is 0.589. The molecule has 0 aromatic rings. The second-order valence-corrected chi connectivity index (χ2v) is 2.77. The molecular weight excluding hydrogens is 128 g/mol. The van der Waals surface area contributed by atoms with E-state index in [0.717, 1.165) is 19.4 Å². The van der Waals surface area contributed by atoms with E-state index in [1.165, 1.54) is 12.8 Å². The molecule has 0 spiro atoms. The zero-order valence-electron chi connectivity index (χ0n) is 6.85. The van der Waals surface area contributed by atoms with Crippen molar-refractivity contribution in [2.24, 2.45) is 0 Å². The summed E-state index contributed by atoms with van der Waals surface area (Å²) in [7, 11) is 1.73. The SMILES string of the molecule is CCC1(OC)CCCCO1. The van der Waals surface area contributed by atoms with Crippen LogP contribution in [0.5, 0.6) is 0 Å². The Hall–Kier alpha value is -0.0800. The molecule has 0 radical (unpaired) electrons. The number of rotatable bonds is 2. The van der Waals surface area contributed by atoms with Crippen molar-refractivity contribution in [1.82, 2.24) is 0 Å². The van der Waals surface area contributed by atoms with Crippen molar-refractivity contribution in [2.75, 3.05) is 13.7 Å². The largest absolute Gasteiger partial charge is 0.353 e. The normalized spacial score (nSPS) is 34.2. The highest BCUT2D eigenvalue weighted by atomic mass is 16.7. The summed E-state index contributed by atoms with van der Waals surface area (Å²) >= 11 is 0. The van der Waals surface area contributed by atoms with Gasteiger partial charge in [-0.1, -0.05) is 6.92 Å². The number of methoxy groups -OCH3 is 1. The van der Waals surface area contributed by atoms with Crippen LogP contribution in [0, 0.1) is 0 Å². The summed E-state index contributed by atoms with van der Waals surface area (Å²) in [6, 6.07) is 0. The molecule has 1 unspecified atom stereocenters. The van der Waals surface area contributed by atoms with Gasteiger partial charge in [-0.25, -0.2) is 0 Å². The first kappa shape index (κ1) is 8.02. The third-order valence-corrected chi connectivity index (χ3v) is 2.23. The molecule has 60 valence electrons. The van der Waals surface area contributed by atoms with E-state index in [2.05, 4.69) is 6.92 Å². The van der Waals surface area contributed by atoms with Crippen LogP contribution in [0.1, 0.15) is 32.6 Å². The van der Waals surface area contributed by atoms with E-state index >= 15 is 0 Å². The van der Waals surface area contributed by atoms with Gasteiger partial charge in [-0.15, -0.1) is 0 Å². The minimum absolute atomic E-state index is 0.238. The Morgan fingerprint density at radius 2 is 2.30 bits per heavy atom. The molecule has 1 fully saturated rings. The minimum atomic E-state index is -0.238. The summed E-state index contributed by atoms with van der Waals surface area (Å²) in [5.74, 6) is -0.238. The molecule has 1 saturated heterocycles. The molecule has 0 saturated carbocycles. The van der Waals surface area contributed by atoms with Gasteiger partial charge in [-0.05, 0) is 19.3 Å². The van der Waals surface area contributed by atoms with Crippen LogP contribution in [-0.4, -0.2) is 19.5 Å². The van der Waals surface area contributed by atoms with Gasteiger partial charge in [-0.3, -0.25) is 0 Å². The number of ether oxygens (including phenoxy) is 2. The smallest absolute Gasteiger partial charge is 0.167 e. The van der Waals surface area contributed by atoms with Gasteiger partial charge in [0.2, 0.25) is 0 Å². The van der Waals surface area contributed by atoms with Gasteiger partial charge in [0.15, 0.2) is 5.79 Å². The Bertz CT molecular complexity index is 89.4. The van der Waals surface area contributed by atoms with Crippen LogP contribution >= 0.6 is 0 Å². The van der Waals surface area contributed by atoms with E-state index in [9.17, 15) is 0 Å². The van der Waals surface area contributed by atoms with Crippen molar-refractivity contribution in [3.63, 3.8) is 0 Å². The van der Waals surface area contributed by atoms with Gasteiger partial charge >= 0.3 is 0 Å². The minimum Gasteiger partial charge on any atom is -0.353 e. The summed E-state index contributed by atoms with van der Waals surface area (Å²) in [4.78, 5) is 0. The zero-order chi connectivity index (χ0) is 7.45. The molecule has 1 atom stereocenters. The molecule has 2 nitrogen and oxygen atoms in total. The fraction of sp³-hybridized carbons (Fsp3) is 1.00. The van der Waals surface area contributed by atoms with Crippen molar-refractivity contribution >= 4 is 0 Å². The molecular formula is C8H16O2. The molecule has 1 rings (SSSR count). The number of hydrogen-bond donors (Lipinski definition) is 0. The molecule has 0 aromatic carbocycles. The van der Waals surface area contributed by atoms with Crippen molar-refractivity contribution in [3.8, 4) is 0 Å². The predicted molar refractivity (Wildman–Crippen MR) is 39.8 cm³/mol. The first-order valence-corrected chi connectivity index (χ1v) is 4.02. The lowest BCUT2D eigenvalue weighted by atomic mass is 10.0. The van der Waals surface area contributed by atoms with Crippen molar-refractivity contribution in [1.29, 1.82) is 0 Å². The average molecular weight is 144 g/mol. The summed E-state index contributed by atoms with van der Waals surface area (Å²) in [5.41, 5.74) is 0. The van der Waals surface area contributed by atoms with Crippen LogP contribution in [0.2, 0.25) is 0 Å². The molecule has 0 aromatic heterocycles. The Kier molecular flexibility index (Phi) is 2.69. The Morgan fingerprint density at radius 3 is 2.60 bits per heavy atom. The summed E-state index contributed by atoms with van der Waals surface area (Å²) < 4.78 is 10.8. The zero-order valence-corrected chi connectivity index (χ0v) is 6.85. The van der Waals surface area contributed by atoms with Gasteiger partial charge < -0.3 is 9.47 Å². The van der Waals surface area contributed by atoms with Crippen LogP contribution in [0.15, 0.2) is 0 Å². The van der Waals surface area contributed by atoms with Gasteiger partial charge in [0.1, 0.15) is 0 Å². The van der Waals surface area contributed by atoms with E-state index < -0.39 is 0 Å². The summed E-state index contributed by atoms with van der Waals surface area (Å²) in [5, 5.41) is 0. The van der Waals surface area contributed by atoms with Crippen LogP contribution in [-0.2, 0) is 9.47 Å². The van der Waals surface area contributed by atoms with Gasteiger partial charge in [0.25, 0.3) is 0 Å². The third kappa shape index (κ3) is 1.50. The average Bonchev–Trinajstić information content (AvgIpc) is 2.06. The highest BCUT2D eigenvalue weighted by Crippen LogP contribution is 2.28. The van der Waals surface area contributed by atoms with Crippen molar-refractivity contribution in [2.45, 2.75) is 38.4 Å². The second-order valence-electron chi connectivity index (χ2n) is 2.77. The molecule has 0 N–H and O–H groups in total. The summed E-state index contributed by atoms with van der Waals surface area (Å²) in [6.07, 6.45) is 4.44. The second kappa shape index (κ2) is 3.35. The third-order valence-electron chi connectivity index (χ3n) is 2.23. The first-order valence-electron chi connectivity index (χ1n) is 4.02. The lowest BCUT2D eigenvalue weighted by molar-refractivity contribution is -0.243. The monoisotopic (exact) mass is 144 g/mol. The molecule has 0 amide bonds. The Labute approximate surface area is 62.5 Å². The molecule has 10 heavy (non-hydrogen) atoms. The standard InChI is InChI=1S/C8H16O2/c1-3-8(9-2)6-4-5-7-10-8/h3-7H2,1-2H3. The molecule has 2 heteroatoms. The Balaban J connectivity index is 2.44. The highest BCUT2D eigenvalue weighted by molar-refractivity contribution is 4.71. The predicted octanol–water partition coefficient (Wildman–Crippen LogP) is 1.94. The molecule has 0 bridgehead atoms. The number of hydrogen-bond acceptors (Lipinski definition) is 2. The van der Waals surface area contributed by atoms with Crippen LogP contribution < -0.4 is 0 Å². The van der Waals surface area contributed by atoms with Crippen LogP contribution in [0.3, 0.4) is 0 Å². The van der Waals surface area contributed by atoms with E-state index in [4.69, 9.17) is 9.47 Å². The van der Waals surface area contributed by atoms with Gasteiger partial charge in [0, 0.05) is 13.5 Å². The lowest BCUT2D eigenvalue weighted by Crippen LogP contribution is -2.37. The maximum Gasteiger partial charge on any atom is 0.167 e. The van der Waals surface area contributed by atoms with Crippen LogP contribution in [0.25, 0.3) is 0 Å². The maximum atomic E-state index is 5.54. The van der Waals surface area contributed by atoms with Gasteiger partial charge in [-0.2, -0.15) is 0 Å². The van der Waals surface area contributed by atoms with E-state index in [1.807, 2.05) is 0 Å². The fourth-order valence-corrected chi connectivity index (χ4v) is 1.41. The lowest BCUT2D eigenvalue weighted by Gasteiger charge is -2.34. The van der Waals surface area contributed by atoms with E-state index in [1.54, 1.807) is 7.11 Å². The topological polar surface area (TPSA) is 18.5 Å². The fourth-order valence-electron chi connectivity index (χ4n) is 1.41. The van der Waals surface area contributed by atoms with Crippen molar-refractivity contribution < 1.29 is 9.47 Å². The maximum absolute atomic E-state index is 5.54. The first-order chi connectivity index (χ1) is 4.83. The van der Waals surface area contributed by atoms with Crippen LogP contribution in [0.4, 0.5) is 0 Å². The van der Waals surface area contributed by atoms with E-state index in [-0.39, 0.29) is 5.79 Å². The van der Waals surface area contributed by atoms with Gasteiger partial charge in [0.05, 0.1) is 6.61 Å². The molecule has 1 aliphatic rings. The van der Waals surface area contributed by atoms with E-state index in [0.29, 0.717) is 0 Å². The molecule has 1 heterocycles. The summed E-state index contributed by atoms with van der Waals surface area (Å²) in [6.45, 7) is 2.97.